The normalized spacial score (nSPS) is 12.9. The Kier molecular flexibility index (Phi) is 7.06. The zero-order chi connectivity index (χ0) is 22.8. The lowest BCUT2D eigenvalue weighted by Crippen LogP contribution is -2.17. The van der Waals surface area contributed by atoms with Crippen LogP contribution in [-0.2, 0) is 22.4 Å². The number of aryl methyl sites for hydroxylation is 1. The molecule has 0 aliphatic heterocycles. The predicted octanol–water partition coefficient (Wildman–Crippen LogP) is 5.34. The van der Waals surface area contributed by atoms with E-state index >= 15 is 0 Å². The molecule has 3 aromatic rings. The third kappa shape index (κ3) is 4.65. The summed E-state index contributed by atoms with van der Waals surface area (Å²) in [5.41, 5.74) is 1.53. The van der Waals surface area contributed by atoms with Crippen molar-refractivity contribution in [3.63, 3.8) is 0 Å². The summed E-state index contributed by atoms with van der Waals surface area (Å²) in [6.07, 6.45) is 2.80. The van der Waals surface area contributed by atoms with Gasteiger partial charge < -0.3 is 14.5 Å². The predicted molar refractivity (Wildman–Crippen MR) is 127 cm³/mol. The Morgan fingerprint density at radius 1 is 1.34 bits per heavy atom. The number of carbonyl (C=O) groups excluding carboxylic acids is 2. The molecule has 0 aromatic carbocycles. The lowest BCUT2D eigenvalue weighted by atomic mass is 10.1. The van der Waals surface area contributed by atoms with Crippen LogP contribution in [0.4, 0.5) is 5.00 Å². The van der Waals surface area contributed by atoms with Gasteiger partial charge in [-0.2, -0.15) is 0 Å². The fourth-order valence-corrected chi connectivity index (χ4v) is 6.12. The van der Waals surface area contributed by atoms with Crippen LogP contribution in [0.5, 0.6) is 0 Å². The maximum Gasteiger partial charge on any atom is 0.341 e. The van der Waals surface area contributed by atoms with Crippen LogP contribution in [0.15, 0.2) is 26.4 Å². The molecular formula is C21H23BrN4O4S2. The molecular weight excluding hydrogens is 516 g/mol. The molecule has 4 rings (SSSR count). The second-order valence-electron chi connectivity index (χ2n) is 7.49. The largest absolute Gasteiger partial charge is 0.462 e. The minimum absolute atomic E-state index is 0.0742. The zero-order valence-corrected chi connectivity index (χ0v) is 21.2. The zero-order valence-electron chi connectivity index (χ0n) is 17.9. The molecule has 0 saturated heterocycles. The van der Waals surface area contributed by atoms with Gasteiger partial charge in [0, 0.05) is 10.9 Å². The third-order valence-corrected chi connectivity index (χ3v) is 7.54. The van der Waals surface area contributed by atoms with Gasteiger partial charge in [0.15, 0.2) is 15.6 Å². The van der Waals surface area contributed by atoms with Gasteiger partial charge in [0.05, 0.1) is 17.9 Å². The Morgan fingerprint density at radius 3 is 2.84 bits per heavy atom. The summed E-state index contributed by atoms with van der Waals surface area (Å²) in [5.74, 6) is 0.761. The standard InChI is InChI=1S/C21H23BrN4O4S2/c1-4-29-20(28)17-12-6-5-7-14(12)32-19(17)23-16(27)10-31-21-25-24-18(26(21)11(2)3)13-8-9-15(22)30-13/h8-9,11H,4-7,10H2,1-3H3,(H,23,27). The molecule has 8 nitrogen and oxygen atoms in total. The highest BCUT2D eigenvalue weighted by atomic mass is 79.9. The number of esters is 1. The highest BCUT2D eigenvalue weighted by Crippen LogP contribution is 2.39. The number of hydrogen-bond acceptors (Lipinski definition) is 8. The number of carbonyl (C=O) groups is 2. The summed E-state index contributed by atoms with van der Waals surface area (Å²) in [5, 5.41) is 12.6. The van der Waals surface area contributed by atoms with Crippen LogP contribution in [0.25, 0.3) is 11.6 Å². The van der Waals surface area contributed by atoms with E-state index < -0.39 is 0 Å². The first-order chi connectivity index (χ1) is 15.4. The van der Waals surface area contributed by atoms with Crippen LogP contribution in [0, 0.1) is 0 Å². The van der Waals surface area contributed by atoms with Crippen molar-refractivity contribution in [1.29, 1.82) is 0 Å². The van der Waals surface area contributed by atoms with E-state index in [-0.39, 0.29) is 23.7 Å². The van der Waals surface area contributed by atoms with Crippen molar-refractivity contribution >= 4 is 55.9 Å². The summed E-state index contributed by atoms with van der Waals surface area (Å²) in [4.78, 5) is 26.4. The molecule has 1 aliphatic carbocycles. The molecule has 0 atom stereocenters. The van der Waals surface area contributed by atoms with E-state index in [1.165, 1.54) is 23.1 Å². The number of aromatic nitrogens is 3. The van der Waals surface area contributed by atoms with Gasteiger partial charge in [-0.3, -0.25) is 9.36 Å². The van der Waals surface area contributed by atoms with Crippen LogP contribution < -0.4 is 5.32 Å². The van der Waals surface area contributed by atoms with Crippen molar-refractivity contribution in [3.8, 4) is 11.6 Å². The van der Waals surface area contributed by atoms with Crippen molar-refractivity contribution < 1.29 is 18.7 Å². The Balaban J connectivity index is 1.49. The number of thiophene rings is 1. The molecule has 0 saturated carbocycles. The monoisotopic (exact) mass is 538 g/mol. The molecule has 1 amide bonds. The van der Waals surface area contributed by atoms with E-state index in [1.807, 2.05) is 24.5 Å². The smallest absolute Gasteiger partial charge is 0.341 e. The summed E-state index contributed by atoms with van der Waals surface area (Å²) in [6, 6.07) is 3.69. The molecule has 0 unspecified atom stereocenters. The van der Waals surface area contributed by atoms with E-state index in [4.69, 9.17) is 9.15 Å². The number of nitrogens with one attached hydrogen (secondary N) is 1. The molecule has 32 heavy (non-hydrogen) atoms. The van der Waals surface area contributed by atoms with Crippen molar-refractivity contribution in [2.75, 3.05) is 17.7 Å². The summed E-state index contributed by atoms with van der Waals surface area (Å²) >= 11 is 6.07. The van der Waals surface area contributed by atoms with Crippen molar-refractivity contribution in [2.24, 2.45) is 0 Å². The van der Waals surface area contributed by atoms with Crippen molar-refractivity contribution in [3.05, 3.63) is 32.8 Å². The molecule has 170 valence electrons. The van der Waals surface area contributed by atoms with Crippen molar-refractivity contribution in [1.82, 2.24) is 14.8 Å². The highest BCUT2D eigenvalue weighted by molar-refractivity contribution is 9.10. The van der Waals surface area contributed by atoms with E-state index in [9.17, 15) is 9.59 Å². The summed E-state index contributed by atoms with van der Waals surface area (Å²) in [6.45, 7) is 6.12. The summed E-state index contributed by atoms with van der Waals surface area (Å²) < 4.78 is 13.4. The topological polar surface area (TPSA) is 99.2 Å². The highest BCUT2D eigenvalue weighted by Gasteiger charge is 2.28. The molecule has 3 heterocycles. The Bertz CT molecular complexity index is 1150. The van der Waals surface area contributed by atoms with Gasteiger partial charge in [-0.05, 0) is 73.7 Å². The molecule has 1 N–H and O–H groups in total. The number of hydrogen-bond donors (Lipinski definition) is 1. The Labute approximate surface area is 202 Å². The number of furan rings is 1. The Morgan fingerprint density at radius 2 is 2.16 bits per heavy atom. The average Bonchev–Trinajstić information content (AvgIpc) is 3.49. The van der Waals surface area contributed by atoms with Crippen LogP contribution in [-0.4, -0.2) is 39.0 Å². The molecule has 0 spiro atoms. The number of amides is 1. The Hall–Kier alpha value is -2.11. The lowest BCUT2D eigenvalue weighted by molar-refractivity contribution is -0.113. The molecule has 3 aromatic heterocycles. The van der Waals surface area contributed by atoms with Gasteiger partial charge >= 0.3 is 5.97 Å². The second-order valence-corrected chi connectivity index (χ2v) is 10.3. The van der Waals surface area contributed by atoms with Gasteiger partial charge in [-0.1, -0.05) is 11.8 Å². The number of ether oxygens (including phenoxy) is 1. The number of rotatable bonds is 8. The first kappa shape index (κ1) is 23.1. The van der Waals surface area contributed by atoms with E-state index in [0.29, 0.717) is 38.6 Å². The minimum Gasteiger partial charge on any atom is -0.462 e. The lowest BCUT2D eigenvalue weighted by Gasteiger charge is -2.12. The van der Waals surface area contributed by atoms with E-state index in [2.05, 4.69) is 31.4 Å². The van der Waals surface area contributed by atoms with E-state index in [1.54, 1.807) is 13.0 Å². The van der Waals surface area contributed by atoms with Gasteiger partial charge in [-0.15, -0.1) is 21.5 Å². The maximum atomic E-state index is 12.7. The number of fused-ring (bicyclic) bond motifs is 1. The maximum absolute atomic E-state index is 12.7. The van der Waals surface area contributed by atoms with Crippen LogP contribution in [0.3, 0.4) is 0 Å². The van der Waals surface area contributed by atoms with E-state index in [0.717, 1.165) is 29.7 Å². The fraction of sp³-hybridized carbons (Fsp3) is 0.429. The first-order valence-electron chi connectivity index (χ1n) is 10.3. The molecule has 11 heteroatoms. The van der Waals surface area contributed by atoms with Crippen molar-refractivity contribution in [2.45, 2.75) is 51.2 Å². The average molecular weight is 539 g/mol. The third-order valence-electron chi connectivity index (χ3n) is 4.96. The molecule has 0 radical (unpaired) electrons. The quantitative estimate of drug-likeness (QED) is 0.305. The number of thioether (sulfide) groups is 1. The summed E-state index contributed by atoms with van der Waals surface area (Å²) in [7, 11) is 0. The number of halogens is 1. The number of anilines is 1. The van der Waals surface area contributed by atoms with Gasteiger partial charge in [0.1, 0.15) is 5.00 Å². The van der Waals surface area contributed by atoms with Gasteiger partial charge in [-0.25, -0.2) is 4.79 Å². The number of nitrogens with zero attached hydrogens (tertiary/aromatic N) is 3. The molecule has 0 bridgehead atoms. The van der Waals surface area contributed by atoms with Gasteiger partial charge in [0.25, 0.3) is 0 Å². The minimum atomic E-state index is -0.372. The first-order valence-corrected chi connectivity index (χ1v) is 12.9. The molecule has 0 fully saturated rings. The second kappa shape index (κ2) is 9.80. The van der Waals surface area contributed by atoms with Crippen LogP contribution >= 0.6 is 39.0 Å². The molecule has 1 aliphatic rings. The van der Waals surface area contributed by atoms with Crippen LogP contribution in [0.2, 0.25) is 0 Å². The SMILES string of the molecule is CCOC(=O)c1c(NC(=O)CSc2nnc(-c3ccc(Br)o3)n2C(C)C)sc2c1CCC2. The fourth-order valence-electron chi connectivity index (χ4n) is 3.65. The van der Waals surface area contributed by atoms with Crippen LogP contribution in [0.1, 0.15) is 54.0 Å². The van der Waals surface area contributed by atoms with Gasteiger partial charge in [0.2, 0.25) is 11.7 Å².